The van der Waals surface area contributed by atoms with E-state index < -0.39 is 36.0 Å². The van der Waals surface area contributed by atoms with Gasteiger partial charge in [0.1, 0.15) is 11.5 Å². The smallest absolute Gasteiger partial charge is 0.309 e. The zero-order chi connectivity index (χ0) is 12.3. The molecule has 1 rings (SSSR count). The van der Waals surface area contributed by atoms with Crippen molar-refractivity contribution < 1.29 is 23.1 Å². The van der Waals surface area contributed by atoms with Crippen LogP contribution in [0.1, 0.15) is 23.4 Å². The fourth-order valence-corrected chi connectivity index (χ4v) is 1.36. The predicted octanol–water partition coefficient (Wildman–Crippen LogP) is 2.52. The maximum absolute atomic E-state index is 13.2. The molecule has 0 unspecified atom stereocenters. The molecule has 1 aromatic heterocycles. The molecule has 0 aliphatic heterocycles. The minimum Gasteiger partial charge on any atom is -0.481 e. The van der Waals surface area contributed by atoms with Crippen LogP contribution in [0.2, 0.25) is 0 Å². The molecule has 0 saturated carbocycles. The van der Waals surface area contributed by atoms with Crippen molar-refractivity contribution in [3.8, 4) is 0 Å². The Bertz CT molecular complexity index is 412. The van der Waals surface area contributed by atoms with Crippen molar-refractivity contribution in [2.75, 3.05) is 0 Å². The lowest BCUT2D eigenvalue weighted by atomic mass is 10.1. The number of carboxylic acids is 1. The highest BCUT2D eigenvalue weighted by atomic mass is 35.5. The molecular formula is C9H7ClF3NO2. The second-order valence-corrected chi connectivity index (χ2v) is 3.23. The lowest BCUT2D eigenvalue weighted by molar-refractivity contribution is -0.136. The lowest BCUT2D eigenvalue weighted by Crippen LogP contribution is -2.09. The van der Waals surface area contributed by atoms with Gasteiger partial charge in [0, 0.05) is 5.88 Å². The maximum Gasteiger partial charge on any atom is 0.309 e. The molecule has 88 valence electrons. The van der Waals surface area contributed by atoms with Crippen LogP contribution < -0.4 is 0 Å². The molecule has 0 fully saturated rings. The van der Waals surface area contributed by atoms with Gasteiger partial charge in [-0.15, -0.1) is 11.6 Å². The molecule has 16 heavy (non-hydrogen) atoms. The van der Waals surface area contributed by atoms with Gasteiger partial charge in [-0.3, -0.25) is 4.79 Å². The van der Waals surface area contributed by atoms with Crippen LogP contribution in [0.3, 0.4) is 0 Å². The van der Waals surface area contributed by atoms with Crippen molar-refractivity contribution >= 4 is 17.6 Å². The van der Waals surface area contributed by atoms with E-state index in [1.807, 2.05) is 0 Å². The van der Waals surface area contributed by atoms with E-state index in [1.165, 1.54) is 0 Å². The number of hydrogen-bond acceptors (Lipinski definition) is 2. The number of nitrogens with zero attached hydrogens (tertiary/aromatic N) is 1. The third kappa shape index (κ3) is 2.85. The van der Waals surface area contributed by atoms with Crippen LogP contribution in [0, 0.1) is 5.82 Å². The fraction of sp³-hybridized carbons (Fsp3) is 0.333. The molecular weight excluding hydrogens is 247 g/mol. The number of carbonyl (C=O) groups is 1. The maximum atomic E-state index is 13.2. The second-order valence-electron chi connectivity index (χ2n) is 2.97. The Morgan fingerprint density at radius 3 is 2.62 bits per heavy atom. The van der Waals surface area contributed by atoms with E-state index in [9.17, 15) is 18.0 Å². The second kappa shape index (κ2) is 5.16. The Morgan fingerprint density at radius 2 is 2.19 bits per heavy atom. The van der Waals surface area contributed by atoms with E-state index in [4.69, 9.17) is 16.7 Å². The van der Waals surface area contributed by atoms with Crippen LogP contribution >= 0.6 is 11.6 Å². The highest BCUT2D eigenvalue weighted by molar-refractivity contribution is 6.17. The summed E-state index contributed by atoms with van der Waals surface area (Å²) in [4.78, 5) is 13.6. The summed E-state index contributed by atoms with van der Waals surface area (Å²) in [7, 11) is 0. The standard InChI is InChI=1S/C9H7ClF3NO2/c10-3-4-1-5(11)6(2-7(15)16)14-8(4)9(12)13/h1,9H,2-3H2,(H,15,16). The van der Waals surface area contributed by atoms with Crippen molar-refractivity contribution in [3.63, 3.8) is 0 Å². The number of aromatic nitrogens is 1. The summed E-state index contributed by atoms with van der Waals surface area (Å²) in [6, 6.07) is 0.791. The predicted molar refractivity (Wildman–Crippen MR) is 50.0 cm³/mol. The SMILES string of the molecule is O=C(O)Cc1nc(C(F)F)c(CCl)cc1F. The van der Waals surface area contributed by atoms with Gasteiger partial charge in [0.2, 0.25) is 0 Å². The first-order valence-electron chi connectivity index (χ1n) is 4.19. The monoisotopic (exact) mass is 253 g/mol. The van der Waals surface area contributed by atoms with Crippen LogP contribution in [0.15, 0.2) is 6.07 Å². The average Bonchev–Trinajstić information content (AvgIpc) is 2.19. The first kappa shape index (κ1) is 12.8. The van der Waals surface area contributed by atoms with Gasteiger partial charge in [0.25, 0.3) is 6.43 Å². The van der Waals surface area contributed by atoms with E-state index in [2.05, 4.69) is 4.98 Å². The Labute approximate surface area is 93.9 Å². The van der Waals surface area contributed by atoms with Gasteiger partial charge in [-0.05, 0) is 11.6 Å². The summed E-state index contributed by atoms with van der Waals surface area (Å²) in [5.74, 6) is -2.59. The molecule has 0 atom stereocenters. The van der Waals surface area contributed by atoms with E-state index in [0.717, 1.165) is 6.07 Å². The van der Waals surface area contributed by atoms with Gasteiger partial charge in [-0.25, -0.2) is 18.2 Å². The molecule has 1 aromatic rings. The van der Waals surface area contributed by atoms with Crippen molar-refractivity contribution in [3.05, 3.63) is 28.8 Å². The van der Waals surface area contributed by atoms with Crippen LogP contribution in [-0.4, -0.2) is 16.1 Å². The highest BCUT2D eigenvalue weighted by Gasteiger charge is 2.19. The van der Waals surface area contributed by atoms with E-state index in [-0.39, 0.29) is 11.4 Å². The quantitative estimate of drug-likeness (QED) is 0.839. The van der Waals surface area contributed by atoms with Gasteiger partial charge in [0.05, 0.1) is 12.1 Å². The third-order valence-corrected chi connectivity index (χ3v) is 2.12. The summed E-state index contributed by atoms with van der Waals surface area (Å²) in [6.07, 6.45) is -3.66. The Balaban J connectivity index is 3.21. The molecule has 1 heterocycles. The van der Waals surface area contributed by atoms with Gasteiger partial charge in [-0.1, -0.05) is 0 Å². The van der Waals surface area contributed by atoms with Crippen LogP contribution in [0.5, 0.6) is 0 Å². The summed E-state index contributed by atoms with van der Waals surface area (Å²) >= 11 is 5.35. The van der Waals surface area contributed by atoms with Gasteiger partial charge in [-0.2, -0.15) is 0 Å². The van der Waals surface area contributed by atoms with Crippen LogP contribution in [0.4, 0.5) is 13.2 Å². The van der Waals surface area contributed by atoms with E-state index in [0.29, 0.717) is 0 Å². The largest absolute Gasteiger partial charge is 0.481 e. The molecule has 0 bridgehead atoms. The molecule has 7 heteroatoms. The number of carboxylic acid groups (broad SMARTS) is 1. The third-order valence-electron chi connectivity index (χ3n) is 1.83. The molecule has 0 aromatic carbocycles. The number of rotatable bonds is 4. The van der Waals surface area contributed by atoms with Gasteiger partial charge in [0.15, 0.2) is 0 Å². The zero-order valence-electron chi connectivity index (χ0n) is 7.88. The highest BCUT2D eigenvalue weighted by Crippen LogP contribution is 2.24. The van der Waals surface area contributed by atoms with Gasteiger partial charge >= 0.3 is 5.97 Å². The van der Waals surface area contributed by atoms with E-state index >= 15 is 0 Å². The molecule has 1 N–H and O–H groups in total. The van der Waals surface area contributed by atoms with Gasteiger partial charge < -0.3 is 5.11 Å². The first-order chi connectivity index (χ1) is 7.45. The topological polar surface area (TPSA) is 50.2 Å². The van der Waals surface area contributed by atoms with Crippen molar-refractivity contribution in [2.45, 2.75) is 18.7 Å². The molecule has 0 aliphatic rings. The zero-order valence-corrected chi connectivity index (χ0v) is 8.64. The molecule has 0 aliphatic carbocycles. The number of alkyl halides is 3. The Hall–Kier alpha value is -1.30. The summed E-state index contributed by atoms with van der Waals surface area (Å²) in [6.45, 7) is 0. The summed E-state index contributed by atoms with van der Waals surface area (Å²) in [5.41, 5.74) is -1.33. The minimum absolute atomic E-state index is 0.136. The minimum atomic E-state index is -2.91. The van der Waals surface area contributed by atoms with Crippen LogP contribution in [-0.2, 0) is 17.1 Å². The number of aliphatic carboxylic acids is 1. The first-order valence-corrected chi connectivity index (χ1v) is 4.73. The molecule has 0 saturated heterocycles. The number of pyridine rings is 1. The lowest BCUT2D eigenvalue weighted by Gasteiger charge is -2.08. The summed E-state index contributed by atoms with van der Waals surface area (Å²) in [5, 5.41) is 8.43. The molecule has 3 nitrogen and oxygen atoms in total. The number of halogens is 4. The molecule has 0 amide bonds. The number of hydrogen-bond donors (Lipinski definition) is 1. The molecule has 0 spiro atoms. The van der Waals surface area contributed by atoms with Crippen molar-refractivity contribution in [2.24, 2.45) is 0 Å². The van der Waals surface area contributed by atoms with E-state index in [1.54, 1.807) is 0 Å². The van der Waals surface area contributed by atoms with Crippen LogP contribution in [0.25, 0.3) is 0 Å². The normalized spacial score (nSPS) is 10.8. The average molecular weight is 254 g/mol. The summed E-state index contributed by atoms with van der Waals surface area (Å²) < 4.78 is 38.2. The van der Waals surface area contributed by atoms with Crippen molar-refractivity contribution in [1.82, 2.24) is 4.98 Å². The Morgan fingerprint density at radius 1 is 1.56 bits per heavy atom. The molecule has 0 radical (unpaired) electrons. The fourth-order valence-electron chi connectivity index (χ4n) is 1.14. The Kier molecular flexibility index (Phi) is 4.12. The van der Waals surface area contributed by atoms with Crippen molar-refractivity contribution in [1.29, 1.82) is 0 Å².